The van der Waals surface area contributed by atoms with Crippen LogP contribution in [0.15, 0.2) is 46.1 Å². The second-order valence-corrected chi connectivity index (χ2v) is 7.42. The molecule has 2 aromatic rings. The third-order valence-electron chi connectivity index (χ3n) is 5.22. The summed E-state index contributed by atoms with van der Waals surface area (Å²) in [6.07, 6.45) is 5.90. The number of nitrogens with one attached hydrogen (secondary N) is 1. The Morgan fingerprint density at radius 2 is 2.00 bits per heavy atom. The fourth-order valence-electron chi connectivity index (χ4n) is 3.28. The number of aromatic nitrogens is 1. The van der Waals surface area contributed by atoms with Crippen LogP contribution in [0.3, 0.4) is 0 Å². The van der Waals surface area contributed by atoms with Gasteiger partial charge in [0.1, 0.15) is 0 Å². The lowest BCUT2D eigenvalue weighted by molar-refractivity contribution is 0.0657. The van der Waals surface area contributed by atoms with Crippen molar-refractivity contribution in [3.63, 3.8) is 0 Å². The molecule has 1 saturated carbocycles. The molecule has 2 aliphatic rings. The van der Waals surface area contributed by atoms with Gasteiger partial charge in [0, 0.05) is 52.0 Å². The molecule has 1 aliphatic heterocycles. The number of carbonyl (C=O) groups excluding carboxylic acids is 1. The third kappa shape index (κ3) is 5.87. The maximum atomic E-state index is 12.4. The van der Waals surface area contributed by atoms with Crippen molar-refractivity contribution in [1.82, 2.24) is 20.1 Å². The molecule has 30 heavy (non-hydrogen) atoms. The van der Waals surface area contributed by atoms with Gasteiger partial charge >= 0.3 is 0 Å². The minimum absolute atomic E-state index is 0. The van der Waals surface area contributed by atoms with Crippen molar-refractivity contribution < 1.29 is 13.9 Å². The molecule has 2 fully saturated rings. The van der Waals surface area contributed by atoms with Crippen LogP contribution in [0.1, 0.15) is 29.0 Å². The zero-order valence-corrected chi connectivity index (χ0v) is 19.5. The molecule has 0 unspecified atom stereocenters. The molecule has 1 amide bonds. The lowest BCUT2D eigenvalue weighted by Gasteiger charge is -2.36. The Morgan fingerprint density at radius 3 is 2.60 bits per heavy atom. The molecule has 0 atom stereocenters. The van der Waals surface area contributed by atoms with E-state index in [-0.39, 0.29) is 29.9 Å². The van der Waals surface area contributed by atoms with Crippen molar-refractivity contribution in [3.05, 3.63) is 48.0 Å². The topological polar surface area (TPSA) is 83.2 Å². The number of guanidine groups is 1. The largest absolute Gasteiger partial charge is 0.477 e. The number of hydrogen-bond acceptors (Lipinski definition) is 5. The molecule has 3 heterocycles. The number of piperazine rings is 1. The van der Waals surface area contributed by atoms with Gasteiger partial charge in [-0.3, -0.25) is 9.79 Å². The predicted octanol–water partition coefficient (Wildman–Crippen LogP) is 2.61. The van der Waals surface area contributed by atoms with Crippen molar-refractivity contribution in [2.45, 2.75) is 19.4 Å². The van der Waals surface area contributed by atoms with Crippen LogP contribution < -0.4 is 10.1 Å². The number of aliphatic imine (C=N–C) groups is 1. The summed E-state index contributed by atoms with van der Waals surface area (Å²) in [6, 6.07) is 7.37. The third-order valence-corrected chi connectivity index (χ3v) is 5.22. The Bertz CT molecular complexity index is 829. The van der Waals surface area contributed by atoms with Crippen molar-refractivity contribution >= 4 is 35.8 Å². The number of hydrogen-bond donors (Lipinski definition) is 1. The molecule has 0 radical (unpaired) electrons. The Balaban J connectivity index is 0.00000256. The zero-order chi connectivity index (χ0) is 20.1. The van der Waals surface area contributed by atoms with Crippen LogP contribution in [0.2, 0.25) is 0 Å². The standard InChI is InChI=1S/C21H27N5O3.HI/c1-22-21(24-14-17-6-7-19(23-13-17)29-15-16-4-5-16)26-10-8-25(9-11-26)20(27)18-3-2-12-28-18;/h2-3,6-7,12-13,16H,4-5,8-11,14-15H2,1H3,(H,22,24);1H. The van der Waals surface area contributed by atoms with Gasteiger partial charge in [-0.2, -0.15) is 0 Å². The molecule has 9 heteroatoms. The van der Waals surface area contributed by atoms with Crippen LogP contribution in [-0.4, -0.2) is 66.5 Å². The van der Waals surface area contributed by atoms with Crippen LogP contribution >= 0.6 is 24.0 Å². The van der Waals surface area contributed by atoms with Gasteiger partial charge in [0.15, 0.2) is 11.7 Å². The Kier molecular flexibility index (Phi) is 7.94. The van der Waals surface area contributed by atoms with E-state index < -0.39 is 0 Å². The minimum Gasteiger partial charge on any atom is -0.477 e. The first-order valence-electron chi connectivity index (χ1n) is 10.1. The summed E-state index contributed by atoms with van der Waals surface area (Å²) in [5, 5.41) is 3.38. The first-order chi connectivity index (χ1) is 14.2. The van der Waals surface area contributed by atoms with Crippen LogP contribution in [0, 0.1) is 5.92 Å². The van der Waals surface area contributed by atoms with E-state index in [0.717, 1.165) is 37.1 Å². The van der Waals surface area contributed by atoms with Crippen molar-refractivity contribution in [2.75, 3.05) is 39.8 Å². The Labute approximate surface area is 193 Å². The highest BCUT2D eigenvalue weighted by Gasteiger charge is 2.25. The highest BCUT2D eigenvalue weighted by molar-refractivity contribution is 14.0. The molecule has 2 aromatic heterocycles. The van der Waals surface area contributed by atoms with E-state index in [9.17, 15) is 4.79 Å². The molecule has 162 valence electrons. The molecule has 0 spiro atoms. The van der Waals surface area contributed by atoms with Gasteiger partial charge in [0.05, 0.1) is 12.9 Å². The number of pyridine rings is 1. The molecular weight excluding hydrogens is 497 g/mol. The van der Waals surface area contributed by atoms with E-state index >= 15 is 0 Å². The first-order valence-corrected chi connectivity index (χ1v) is 10.1. The zero-order valence-electron chi connectivity index (χ0n) is 17.1. The van der Waals surface area contributed by atoms with Crippen LogP contribution in [0.25, 0.3) is 0 Å². The van der Waals surface area contributed by atoms with Gasteiger partial charge < -0.3 is 24.3 Å². The molecule has 0 bridgehead atoms. The Morgan fingerprint density at radius 1 is 1.23 bits per heavy atom. The Hall–Kier alpha value is -2.30. The summed E-state index contributed by atoms with van der Waals surface area (Å²) < 4.78 is 10.9. The molecule has 4 rings (SSSR count). The number of nitrogens with zero attached hydrogens (tertiary/aromatic N) is 4. The second-order valence-electron chi connectivity index (χ2n) is 7.42. The number of rotatable bonds is 6. The van der Waals surface area contributed by atoms with Gasteiger partial charge in [-0.25, -0.2) is 4.98 Å². The van der Waals surface area contributed by atoms with E-state index in [0.29, 0.717) is 31.3 Å². The van der Waals surface area contributed by atoms with Crippen LogP contribution in [-0.2, 0) is 6.54 Å². The molecule has 1 saturated heterocycles. The smallest absolute Gasteiger partial charge is 0.289 e. The van der Waals surface area contributed by atoms with Gasteiger partial charge in [-0.15, -0.1) is 24.0 Å². The number of ether oxygens (including phenoxy) is 1. The van der Waals surface area contributed by atoms with E-state index in [2.05, 4.69) is 20.2 Å². The summed E-state index contributed by atoms with van der Waals surface area (Å²) >= 11 is 0. The lowest BCUT2D eigenvalue weighted by atomic mass is 10.2. The summed E-state index contributed by atoms with van der Waals surface area (Å²) in [5.74, 6) is 2.55. The minimum atomic E-state index is -0.0623. The fraction of sp³-hybridized carbons (Fsp3) is 0.476. The summed E-state index contributed by atoms with van der Waals surface area (Å²) in [5.41, 5.74) is 1.07. The van der Waals surface area contributed by atoms with Crippen LogP contribution in [0.4, 0.5) is 0 Å². The van der Waals surface area contributed by atoms with Crippen molar-refractivity contribution in [2.24, 2.45) is 10.9 Å². The van der Waals surface area contributed by atoms with E-state index in [1.54, 1.807) is 19.2 Å². The monoisotopic (exact) mass is 525 g/mol. The van der Waals surface area contributed by atoms with Crippen molar-refractivity contribution in [1.29, 1.82) is 0 Å². The van der Waals surface area contributed by atoms with Gasteiger partial charge in [0.25, 0.3) is 5.91 Å². The second kappa shape index (κ2) is 10.6. The maximum absolute atomic E-state index is 12.4. The highest BCUT2D eigenvalue weighted by Crippen LogP contribution is 2.29. The highest BCUT2D eigenvalue weighted by atomic mass is 127. The SMILES string of the molecule is CN=C(NCc1ccc(OCC2CC2)nc1)N1CCN(C(=O)c2ccco2)CC1.I. The number of amides is 1. The molecular formula is C21H28IN5O3. The normalized spacial score (nSPS) is 16.8. The summed E-state index contributed by atoms with van der Waals surface area (Å²) in [6.45, 7) is 4.11. The van der Waals surface area contributed by atoms with Crippen molar-refractivity contribution in [3.8, 4) is 5.88 Å². The molecule has 1 N–H and O–H groups in total. The van der Waals surface area contributed by atoms with E-state index in [1.807, 2.05) is 23.2 Å². The quantitative estimate of drug-likeness (QED) is 0.355. The average Bonchev–Trinajstić information content (AvgIpc) is 3.44. The van der Waals surface area contributed by atoms with Gasteiger partial charge in [-0.1, -0.05) is 6.07 Å². The molecule has 8 nitrogen and oxygen atoms in total. The molecule has 1 aliphatic carbocycles. The maximum Gasteiger partial charge on any atom is 0.289 e. The predicted molar refractivity (Wildman–Crippen MR) is 124 cm³/mol. The van der Waals surface area contributed by atoms with Gasteiger partial charge in [0.2, 0.25) is 5.88 Å². The number of carbonyl (C=O) groups is 1. The summed E-state index contributed by atoms with van der Waals surface area (Å²) in [7, 11) is 1.77. The first kappa shape index (κ1) is 22.4. The average molecular weight is 525 g/mol. The van der Waals surface area contributed by atoms with Crippen LogP contribution in [0.5, 0.6) is 5.88 Å². The summed E-state index contributed by atoms with van der Waals surface area (Å²) in [4.78, 5) is 25.1. The number of halogens is 1. The fourth-order valence-corrected chi connectivity index (χ4v) is 3.28. The van der Waals surface area contributed by atoms with Gasteiger partial charge in [-0.05, 0) is 36.5 Å². The lowest BCUT2D eigenvalue weighted by Crippen LogP contribution is -2.53. The van der Waals surface area contributed by atoms with E-state index in [4.69, 9.17) is 9.15 Å². The molecule has 0 aromatic carbocycles. The number of furan rings is 1. The van der Waals surface area contributed by atoms with E-state index in [1.165, 1.54) is 19.1 Å².